The smallest absolute Gasteiger partial charge is 0.339 e. The van der Waals surface area contributed by atoms with Gasteiger partial charge in [0.15, 0.2) is 0 Å². The molecule has 3 heteroatoms. The van der Waals surface area contributed by atoms with E-state index in [9.17, 15) is 4.79 Å². The molecule has 0 spiro atoms. The van der Waals surface area contributed by atoms with Crippen molar-refractivity contribution in [3.63, 3.8) is 0 Å². The first kappa shape index (κ1) is 13.2. The maximum Gasteiger partial charge on any atom is 0.339 e. The monoisotopic (exact) mass is 231 g/mol. The van der Waals surface area contributed by atoms with E-state index < -0.39 is 5.97 Å². The second-order valence-corrected chi connectivity index (χ2v) is 3.71. The van der Waals surface area contributed by atoms with E-state index in [2.05, 4.69) is 6.07 Å². The number of esters is 1. The number of benzene rings is 1. The first-order valence-electron chi connectivity index (χ1n) is 5.90. The molecule has 0 aromatic heterocycles. The van der Waals surface area contributed by atoms with Gasteiger partial charge in [0.05, 0.1) is 17.7 Å². The van der Waals surface area contributed by atoms with Crippen LogP contribution in [-0.4, -0.2) is 12.6 Å². The number of nitrogens with zero attached hydrogens (tertiary/aromatic N) is 1. The fourth-order valence-electron chi connectivity index (χ4n) is 1.82. The van der Waals surface area contributed by atoms with Gasteiger partial charge < -0.3 is 4.74 Å². The Balaban J connectivity index is 3.29. The molecule has 0 radical (unpaired) electrons. The lowest BCUT2D eigenvalue weighted by molar-refractivity contribution is 0.0526. The lowest BCUT2D eigenvalue weighted by Gasteiger charge is -2.10. The van der Waals surface area contributed by atoms with Crippen LogP contribution in [0.2, 0.25) is 0 Å². The molecule has 0 aliphatic heterocycles. The van der Waals surface area contributed by atoms with Crippen molar-refractivity contribution in [3.05, 3.63) is 34.4 Å². The summed E-state index contributed by atoms with van der Waals surface area (Å²) in [4.78, 5) is 11.7. The van der Waals surface area contributed by atoms with E-state index in [1.165, 1.54) is 0 Å². The summed E-state index contributed by atoms with van der Waals surface area (Å²) in [6.07, 6.45) is 1.71. The van der Waals surface area contributed by atoms with Crippen molar-refractivity contribution in [1.82, 2.24) is 0 Å². The van der Waals surface area contributed by atoms with Crippen LogP contribution < -0.4 is 0 Å². The molecule has 0 amide bonds. The Hall–Kier alpha value is -1.82. The second kappa shape index (κ2) is 6.05. The molecule has 1 rings (SSSR count). The van der Waals surface area contributed by atoms with Crippen molar-refractivity contribution in [2.24, 2.45) is 0 Å². The summed E-state index contributed by atoms with van der Waals surface area (Å²) in [6, 6.07) is 5.64. The summed E-state index contributed by atoms with van der Waals surface area (Å²) in [7, 11) is 0. The molecule has 1 aromatic carbocycles. The molecule has 90 valence electrons. The van der Waals surface area contributed by atoms with Crippen LogP contribution in [0.15, 0.2) is 12.1 Å². The summed E-state index contributed by atoms with van der Waals surface area (Å²) in [6.45, 7) is 6.15. The van der Waals surface area contributed by atoms with Crippen molar-refractivity contribution in [2.75, 3.05) is 6.61 Å². The highest BCUT2D eigenvalue weighted by molar-refractivity contribution is 5.92. The highest BCUT2D eigenvalue weighted by Gasteiger charge is 2.15. The van der Waals surface area contributed by atoms with Gasteiger partial charge in [0, 0.05) is 0 Å². The Morgan fingerprint density at radius 2 is 1.82 bits per heavy atom. The highest BCUT2D eigenvalue weighted by Crippen LogP contribution is 2.19. The largest absolute Gasteiger partial charge is 0.462 e. The van der Waals surface area contributed by atoms with E-state index in [0.29, 0.717) is 17.7 Å². The number of carbonyl (C=O) groups is 1. The molecule has 0 saturated carbocycles. The molecule has 0 atom stereocenters. The molecule has 0 N–H and O–H groups in total. The van der Waals surface area contributed by atoms with Crippen LogP contribution in [0, 0.1) is 11.3 Å². The maximum absolute atomic E-state index is 11.7. The number of nitriles is 1. The molecule has 0 bridgehead atoms. The summed E-state index contributed by atoms with van der Waals surface area (Å²) in [5.41, 5.74) is 3.01. The minimum absolute atomic E-state index is 0.320. The second-order valence-electron chi connectivity index (χ2n) is 3.71. The highest BCUT2D eigenvalue weighted by atomic mass is 16.5. The number of hydrogen-bond donors (Lipinski definition) is 0. The minimum atomic E-state index is -0.415. The Morgan fingerprint density at radius 3 is 2.29 bits per heavy atom. The van der Waals surface area contributed by atoms with Gasteiger partial charge in [-0.3, -0.25) is 0 Å². The van der Waals surface area contributed by atoms with Crippen molar-refractivity contribution in [1.29, 1.82) is 5.26 Å². The number of carbonyl (C=O) groups excluding carboxylic acids is 1. The van der Waals surface area contributed by atoms with Crippen molar-refractivity contribution in [2.45, 2.75) is 33.6 Å². The van der Waals surface area contributed by atoms with Gasteiger partial charge >= 0.3 is 5.97 Å². The van der Waals surface area contributed by atoms with Gasteiger partial charge in [-0.15, -0.1) is 0 Å². The molecule has 0 fully saturated rings. The van der Waals surface area contributed by atoms with E-state index >= 15 is 0 Å². The molecule has 17 heavy (non-hydrogen) atoms. The maximum atomic E-state index is 11.7. The molecule has 0 aliphatic rings. The van der Waals surface area contributed by atoms with Crippen LogP contribution in [0.5, 0.6) is 0 Å². The van der Waals surface area contributed by atoms with Crippen LogP contribution in [0.25, 0.3) is 0 Å². The van der Waals surface area contributed by atoms with E-state index in [4.69, 9.17) is 10.00 Å². The summed E-state index contributed by atoms with van der Waals surface area (Å²) < 4.78 is 4.95. The summed E-state index contributed by atoms with van der Waals surface area (Å²) in [5.74, 6) is -0.415. The number of aryl methyl sites for hydroxylation is 2. The zero-order valence-corrected chi connectivity index (χ0v) is 10.5. The standard InChI is InChI=1S/C14H17NO2/c1-4-10-7-12(9-15)13(8-11(10)5-2)14(16)17-6-3/h7-8H,4-6H2,1-3H3. The van der Waals surface area contributed by atoms with Crippen LogP contribution in [0.4, 0.5) is 0 Å². The predicted molar refractivity (Wildman–Crippen MR) is 65.9 cm³/mol. The summed E-state index contributed by atoms with van der Waals surface area (Å²) >= 11 is 0. The minimum Gasteiger partial charge on any atom is -0.462 e. The van der Waals surface area contributed by atoms with Crippen molar-refractivity contribution in [3.8, 4) is 6.07 Å². The number of hydrogen-bond acceptors (Lipinski definition) is 3. The molecular formula is C14H17NO2. The quantitative estimate of drug-likeness (QED) is 0.749. The Morgan fingerprint density at radius 1 is 1.24 bits per heavy atom. The van der Waals surface area contributed by atoms with Crippen molar-refractivity contribution >= 4 is 5.97 Å². The van der Waals surface area contributed by atoms with E-state index in [0.717, 1.165) is 24.0 Å². The third-order valence-corrected chi connectivity index (χ3v) is 2.72. The molecule has 0 heterocycles. The third-order valence-electron chi connectivity index (χ3n) is 2.72. The number of rotatable bonds is 4. The first-order valence-corrected chi connectivity index (χ1v) is 5.90. The summed E-state index contributed by atoms with van der Waals surface area (Å²) in [5, 5.41) is 9.06. The van der Waals surface area contributed by atoms with E-state index in [1.807, 2.05) is 13.8 Å². The van der Waals surface area contributed by atoms with Gasteiger partial charge in [0.1, 0.15) is 6.07 Å². The molecule has 3 nitrogen and oxygen atoms in total. The Labute approximate surface area is 102 Å². The van der Waals surface area contributed by atoms with Crippen LogP contribution in [0.3, 0.4) is 0 Å². The zero-order valence-electron chi connectivity index (χ0n) is 10.5. The Bertz CT molecular complexity index is 458. The average Bonchev–Trinajstić information content (AvgIpc) is 2.37. The van der Waals surface area contributed by atoms with Gasteiger partial charge in [-0.1, -0.05) is 13.8 Å². The normalized spacial score (nSPS) is 9.76. The van der Waals surface area contributed by atoms with Crippen LogP contribution >= 0.6 is 0 Å². The number of ether oxygens (including phenoxy) is 1. The fourth-order valence-corrected chi connectivity index (χ4v) is 1.82. The average molecular weight is 231 g/mol. The fraction of sp³-hybridized carbons (Fsp3) is 0.429. The lowest BCUT2D eigenvalue weighted by atomic mass is 9.96. The predicted octanol–water partition coefficient (Wildman–Crippen LogP) is 2.86. The zero-order chi connectivity index (χ0) is 12.8. The van der Waals surface area contributed by atoms with Gasteiger partial charge in [-0.25, -0.2) is 4.79 Å². The van der Waals surface area contributed by atoms with Gasteiger partial charge in [0.2, 0.25) is 0 Å². The third kappa shape index (κ3) is 2.85. The van der Waals surface area contributed by atoms with E-state index in [-0.39, 0.29) is 0 Å². The van der Waals surface area contributed by atoms with Crippen LogP contribution in [-0.2, 0) is 17.6 Å². The Kier molecular flexibility index (Phi) is 4.71. The SMILES string of the molecule is CCOC(=O)c1cc(CC)c(CC)cc1C#N. The molecule has 0 aliphatic carbocycles. The molecule has 0 saturated heterocycles. The molecule has 1 aromatic rings. The molecular weight excluding hydrogens is 214 g/mol. The van der Waals surface area contributed by atoms with Gasteiger partial charge in [-0.2, -0.15) is 5.26 Å². The lowest BCUT2D eigenvalue weighted by Crippen LogP contribution is -2.09. The van der Waals surface area contributed by atoms with Gasteiger partial charge in [-0.05, 0) is 43.0 Å². The van der Waals surface area contributed by atoms with Crippen molar-refractivity contribution < 1.29 is 9.53 Å². The van der Waals surface area contributed by atoms with E-state index in [1.54, 1.807) is 19.1 Å². The molecule has 0 unspecified atom stereocenters. The topological polar surface area (TPSA) is 50.1 Å². The first-order chi connectivity index (χ1) is 8.17. The van der Waals surface area contributed by atoms with Gasteiger partial charge in [0.25, 0.3) is 0 Å². The van der Waals surface area contributed by atoms with Crippen LogP contribution in [0.1, 0.15) is 47.8 Å².